The van der Waals surface area contributed by atoms with Crippen LogP contribution >= 0.6 is 0 Å². The van der Waals surface area contributed by atoms with E-state index in [1.54, 1.807) is 12.1 Å². The minimum atomic E-state index is -3.19. The smallest absolute Gasteiger partial charge is 0.325 e. The maximum absolute atomic E-state index is 13.0. The molecule has 2 aliphatic heterocycles. The first-order valence-corrected chi connectivity index (χ1v) is 10.8. The van der Waals surface area contributed by atoms with E-state index in [-0.39, 0.29) is 30.6 Å². The Bertz CT molecular complexity index is 807. The van der Waals surface area contributed by atoms with Crippen LogP contribution in [0.2, 0.25) is 0 Å². The topological polar surface area (TPSA) is 90.0 Å². The zero-order valence-electron chi connectivity index (χ0n) is 15.1. The molecule has 1 aromatic carbocycles. The van der Waals surface area contributed by atoms with Crippen LogP contribution in [-0.2, 0) is 14.6 Å². The number of hydrogen-bond donors (Lipinski definition) is 1. The molecule has 3 rings (SSSR count). The second kappa shape index (κ2) is 7.81. The SMILES string of the molecule is CS(=O)(=O)CC[C@@H]1NC(=O)N(CN2CCN(c3ccc(F)cc3)CC2)C1=O. The molecule has 1 aromatic rings. The second-order valence-electron chi connectivity index (χ2n) is 6.91. The van der Waals surface area contributed by atoms with Gasteiger partial charge in [0.25, 0.3) is 5.91 Å². The quantitative estimate of drug-likeness (QED) is 0.692. The Balaban J connectivity index is 1.51. The Morgan fingerprint density at radius 1 is 1.11 bits per heavy atom. The minimum Gasteiger partial charge on any atom is -0.369 e. The lowest BCUT2D eigenvalue weighted by Gasteiger charge is -2.37. The lowest BCUT2D eigenvalue weighted by Crippen LogP contribution is -2.51. The van der Waals surface area contributed by atoms with Crippen molar-refractivity contribution in [3.63, 3.8) is 0 Å². The van der Waals surface area contributed by atoms with Crippen LogP contribution in [0.5, 0.6) is 0 Å². The van der Waals surface area contributed by atoms with Gasteiger partial charge in [0.15, 0.2) is 0 Å². The molecular formula is C17H23FN4O4S. The zero-order valence-corrected chi connectivity index (χ0v) is 15.9. The number of anilines is 1. The van der Waals surface area contributed by atoms with Gasteiger partial charge < -0.3 is 10.2 Å². The van der Waals surface area contributed by atoms with Crippen LogP contribution in [0.15, 0.2) is 24.3 Å². The average Bonchev–Trinajstić information content (AvgIpc) is 2.88. The number of piperazine rings is 1. The average molecular weight is 398 g/mol. The number of halogens is 1. The zero-order chi connectivity index (χ0) is 19.6. The molecule has 1 atom stereocenters. The molecule has 0 radical (unpaired) electrons. The first-order chi connectivity index (χ1) is 12.7. The van der Waals surface area contributed by atoms with Gasteiger partial charge in [-0.05, 0) is 30.7 Å². The van der Waals surface area contributed by atoms with Gasteiger partial charge in [0.2, 0.25) is 0 Å². The number of benzene rings is 1. The molecule has 0 unspecified atom stereocenters. The first kappa shape index (κ1) is 19.6. The molecule has 2 saturated heterocycles. The number of carbonyl (C=O) groups excluding carboxylic acids is 2. The summed E-state index contributed by atoms with van der Waals surface area (Å²) in [6.07, 6.45) is 1.19. The van der Waals surface area contributed by atoms with Crippen LogP contribution in [0.4, 0.5) is 14.9 Å². The fraction of sp³-hybridized carbons (Fsp3) is 0.529. The highest BCUT2D eigenvalue weighted by atomic mass is 32.2. The molecule has 10 heteroatoms. The lowest BCUT2D eigenvalue weighted by molar-refractivity contribution is -0.129. The van der Waals surface area contributed by atoms with Crippen molar-refractivity contribution in [2.75, 3.05) is 49.8 Å². The van der Waals surface area contributed by atoms with Crippen LogP contribution < -0.4 is 10.2 Å². The number of imide groups is 1. The molecule has 0 spiro atoms. The van der Waals surface area contributed by atoms with Gasteiger partial charge in [0, 0.05) is 38.1 Å². The number of amides is 3. The van der Waals surface area contributed by atoms with Crippen molar-refractivity contribution in [3.8, 4) is 0 Å². The van der Waals surface area contributed by atoms with Crippen LogP contribution in [0, 0.1) is 5.82 Å². The third kappa shape index (κ3) is 4.95. The van der Waals surface area contributed by atoms with Crippen molar-refractivity contribution >= 4 is 27.5 Å². The molecule has 2 heterocycles. The van der Waals surface area contributed by atoms with Gasteiger partial charge in [0.05, 0.1) is 12.4 Å². The highest BCUT2D eigenvalue weighted by molar-refractivity contribution is 7.90. The molecule has 3 amide bonds. The van der Waals surface area contributed by atoms with Gasteiger partial charge in [-0.25, -0.2) is 22.5 Å². The number of nitrogens with one attached hydrogen (secondary N) is 1. The number of sulfone groups is 1. The molecule has 0 bridgehead atoms. The van der Waals surface area contributed by atoms with E-state index in [1.807, 2.05) is 4.90 Å². The first-order valence-electron chi connectivity index (χ1n) is 8.75. The van der Waals surface area contributed by atoms with Crippen LogP contribution in [0.3, 0.4) is 0 Å². The van der Waals surface area contributed by atoms with E-state index in [4.69, 9.17) is 0 Å². The normalized spacial score (nSPS) is 21.6. The van der Waals surface area contributed by atoms with E-state index < -0.39 is 21.9 Å². The molecule has 1 N–H and O–H groups in total. The summed E-state index contributed by atoms with van der Waals surface area (Å²) in [7, 11) is -3.19. The second-order valence-corrected chi connectivity index (χ2v) is 9.17. The molecule has 27 heavy (non-hydrogen) atoms. The fourth-order valence-corrected chi connectivity index (χ4v) is 3.90. The van der Waals surface area contributed by atoms with E-state index in [9.17, 15) is 22.4 Å². The maximum Gasteiger partial charge on any atom is 0.325 e. The third-order valence-electron chi connectivity index (χ3n) is 4.79. The van der Waals surface area contributed by atoms with Crippen molar-refractivity contribution in [1.82, 2.24) is 15.1 Å². The molecule has 148 valence electrons. The lowest BCUT2D eigenvalue weighted by atomic mass is 10.2. The maximum atomic E-state index is 13.0. The summed E-state index contributed by atoms with van der Waals surface area (Å²) in [5, 5.41) is 2.56. The van der Waals surface area contributed by atoms with E-state index >= 15 is 0 Å². The number of rotatable bonds is 6. The molecule has 2 fully saturated rings. The van der Waals surface area contributed by atoms with Crippen LogP contribution in [0.25, 0.3) is 0 Å². The van der Waals surface area contributed by atoms with E-state index in [2.05, 4.69) is 10.2 Å². The number of hydrogen-bond acceptors (Lipinski definition) is 6. The highest BCUT2D eigenvalue weighted by Gasteiger charge is 2.39. The largest absolute Gasteiger partial charge is 0.369 e. The minimum absolute atomic E-state index is 0.0816. The van der Waals surface area contributed by atoms with Crippen molar-refractivity contribution < 1.29 is 22.4 Å². The molecule has 2 aliphatic rings. The van der Waals surface area contributed by atoms with Gasteiger partial charge in [-0.15, -0.1) is 0 Å². The number of nitrogens with zero attached hydrogens (tertiary/aromatic N) is 3. The van der Waals surface area contributed by atoms with Crippen molar-refractivity contribution in [3.05, 3.63) is 30.1 Å². The summed E-state index contributed by atoms with van der Waals surface area (Å²) < 4.78 is 35.6. The Morgan fingerprint density at radius 3 is 2.33 bits per heavy atom. The predicted octanol–water partition coefficient (Wildman–Crippen LogP) is 0.260. The summed E-state index contributed by atoms with van der Waals surface area (Å²) in [5.74, 6) is -0.806. The molecule has 8 nitrogen and oxygen atoms in total. The molecule has 0 aliphatic carbocycles. The highest BCUT2D eigenvalue weighted by Crippen LogP contribution is 2.18. The third-order valence-corrected chi connectivity index (χ3v) is 5.77. The van der Waals surface area contributed by atoms with Crippen molar-refractivity contribution in [1.29, 1.82) is 0 Å². The number of carbonyl (C=O) groups is 2. The summed E-state index contributed by atoms with van der Waals surface area (Å²) in [6, 6.07) is 5.04. The molecule has 0 saturated carbocycles. The van der Waals surface area contributed by atoms with Crippen LogP contribution in [0.1, 0.15) is 6.42 Å². The summed E-state index contributed by atoms with van der Waals surface area (Å²) in [4.78, 5) is 29.7. The van der Waals surface area contributed by atoms with Crippen LogP contribution in [-0.4, -0.2) is 81.1 Å². The Labute approximate surface area is 157 Å². The Kier molecular flexibility index (Phi) is 5.66. The summed E-state index contributed by atoms with van der Waals surface area (Å²) in [5.41, 5.74) is 0.937. The molecule has 0 aromatic heterocycles. The van der Waals surface area contributed by atoms with E-state index in [0.29, 0.717) is 26.2 Å². The summed E-state index contributed by atoms with van der Waals surface area (Å²) in [6.45, 7) is 2.89. The van der Waals surface area contributed by atoms with Gasteiger partial charge >= 0.3 is 6.03 Å². The van der Waals surface area contributed by atoms with Crippen molar-refractivity contribution in [2.45, 2.75) is 12.5 Å². The molecular weight excluding hydrogens is 375 g/mol. The van der Waals surface area contributed by atoms with Crippen molar-refractivity contribution in [2.24, 2.45) is 0 Å². The van der Waals surface area contributed by atoms with Gasteiger partial charge in [-0.3, -0.25) is 9.69 Å². The van der Waals surface area contributed by atoms with Gasteiger partial charge in [0.1, 0.15) is 21.7 Å². The fourth-order valence-electron chi connectivity index (χ4n) is 3.24. The standard InChI is InChI=1S/C17H23FN4O4S/c1-27(25,26)11-6-15-16(23)22(17(24)19-15)12-20-7-9-21(10-8-20)14-4-2-13(18)3-5-14/h2-5,15H,6-12H2,1H3,(H,19,24)/t15-/m0/s1. The Hall–Kier alpha value is -2.20. The monoisotopic (exact) mass is 398 g/mol. The predicted molar refractivity (Wildman–Crippen MR) is 98.5 cm³/mol. The van der Waals surface area contributed by atoms with Gasteiger partial charge in [-0.1, -0.05) is 0 Å². The number of urea groups is 1. The van der Waals surface area contributed by atoms with Gasteiger partial charge in [-0.2, -0.15) is 0 Å². The summed E-state index contributed by atoms with van der Waals surface area (Å²) >= 11 is 0. The van der Waals surface area contributed by atoms with E-state index in [1.165, 1.54) is 12.1 Å². The van der Waals surface area contributed by atoms with E-state index in [0.717, 1.165) is 16.8 Å². The Morgan fingerprint density at radius 2 is 1.74 bits per heavy atom.